The monoisotopic (exact) mass is 478 g/mol. The van der Waals surface area contributed by atoms with E-state index in [1.54, 1.807) is 44.2 Å². The summed E-state index contributed by atoms with van der Waals surface area (Å²) < 4.78 is 0. The van der Waals surface area contributed by atoms with Gasteiger partial charge in [-0.15, -0.1) is 0 Å². The van der Waals surface area contributed by atoms with Crippen LogP contribution in [0.15, 0.2) is 30.3 Å². The van der Waals surface area contributed by atoms with Crippen molar-refractivity contribution in [2.75, 3.05) is 0 Å². The fourth-order valence-electron chi connectivity index (χ4n) is 3.24. The number of amides is 3. The zero-order valence-corrected chi connectivity index (χ0v) is 20.4. The number of carbonyl (C=O) groups excluding carboxylic acids is 3. The number of carbonyl (C=O) groups is 4. The molecule has 0 radical (unpaired) electrons. The number of rotatable bonds is 13. The fourth-order valence-corrected chi connectivity index (χ4v) is 3.24. The molecule has 0 fully saturated rings. The van der Waals surface area contributed by atoms with Crippen molar-refractivity contribution in [3.05, 3.63) is 35.9 Å². The van der Waals surface area contributed by atoms with Gasteiger partial charge in [0.1, 0.15) is 18.1 Å². The molecule has 1 aromatic carbocycles. The van der Waals surface area contributed by atoms with Crippen LogP contribution in [0.5, 0.6) is 0 Å². The van der Waals surface area contributed by atoms with Crippen molar-refractivity contribution < 1.29 is 29.4 Å². The van der Waals surface area contributed by atoms with Crippen LogP contribution in [0, 0.1) is 11.8 Å². The normalized spacial score (nSPS) is 15.7. The van der Waals surface area contributed by atoms with E-state index in [-0.39, 0.29) is 24.7 Å². The summed E-state index contributed by atoms with van der Waals surface area (Å²) in [5, 5.41) is 27.1. The van der Waals surface area contributed by atoms with E-state index >= 15 is 0 Å². The van der Waals surface area contributed by atoms with Gasteiger partial charge in [0.2, 0.25) is 17.7 Å². The molecule has 5 atom stereocenters. The average molecular weight is 479 g/mol. The minimum atomic E-state index is -1.35. The van der Waals surface area contributed by atoms with Crippen LogP contribution in [0.4, 0.5) is 0 Å². The molecule has 1 rings (SSSR count). The number of benzene rings is 1. The molecule has 0 aliphatic carbocycles. The number of aliphatic carboxylic acids is 1. The van der Waals surface area contributed by atoms with Gasteiger partial charge in [-0.2, -0.15) is 0 Å². The molecule has 10 nitrogen and oxygen atoms in total. The zero-order valence-electron chi connectivity index (χ0n) is 20.4. The maximum atomic E-state index is 13.0. The molecule has 0 aliphatic rings. The van der Waals surface area contributed by atoms with E-state index in [9.17, 15) is 29.4 Å². The minimum absolute atomic E-state index is 0.0172. The van der Waals surface area contributed by atoms with E-state index < -0.39 is 54.0 Å². The molecule has 0 bridgehead atoms. The summed E-state index contributed by atoms with van der Waals surface area (Å²) in [5.41, 5.74) is 6.57. The van der Waals surface area contributed by atoms with Crippen LogP contribution < -0.4 is 21.7 Å². The molecule has 190 valence electrons. The van der Waals surface area contributed by atoms with Gasteiger partial charge < -0.3 is 31.9 Å². The molecule has 1 aromatic rings. The van der Waals surface area contributed by atoms with Gasteiger partial charge in [-0.3, -0.25) is 14.4 Å². The number of carboxylic acid groups (broad SMARTS) is 1. The first-order valence-corrected chi connectivity index (χ1v) is 11.4. The molecule has 34 heavy (non-hydrogen) atoms. The van der Waals surface area contributed by atoms with E-state index in [1.807, 2.05) is 13.8 Å². The van der Waals surface area contributed by atoms with Crippen LogP contribution in [0.3, 0.4) is 0 Å². The third-order valence-corrected chi connectivity index (χ3v) is 5.32. The number of carboxylic acids is 1. The van der Waals surface area contributed by atoms with Crippen molar-refractivity contribution in [1.29, 1.82) is 0 Å². The van der Waals surface area contributed by atoms with Crippen molar-refractivity contribution in [3.63, 3.8) is 0 Å². The van der Waals surface area contributed by atoms with Gasteiger partial charge >= 0.3 is 5.97 Å². The number of aliphatic hydroxyl groups excluding tert-OH is 1. The number of hydrogen-bond acceptors (Lipinski definition) is 6. The lowest BCUT2D eigenvalue weighted by Gasteiger charge is -2.27. The van der Waals surface area contributed by atoms with Gasteiger partial charge in [-0.05, 0) is 30.7 Å². The van der Waals surface area contributed by atoms with Crippen LogP contribution in [0.1, 0.15) is 46.6 Å². The smallest absolute Gasteiger partial charge is 0.326 e. The highest BCUT2D eigenvalue weighted by atomic mass is 16.4. The highest BCUT2D eigenvalue weighted by Crippen LogP contribution is 2.09. The maximum absolute atomic E-state index is 13.0. The van der Waals surface area contributed by atoms with E-state index in [0.717, 1.165) is 5.56 Å². The van der Waals surface area contributed by atoms with Gasteiger partial charge in [0.25, 0.3) is 0 Å². The third-order valence-electron chi connectivity index (χ3n) is 5.32. The summed E-state index contributed by atoms with van der Waals surface area (Å²) in [6, 6.07) is 4.39. The predicted molar refractivity (Wildman–Crippen MR) is 128 cm³/mol. The van der Waals surface area contributed by atoms with Gasteiger partial charge in [-0.1, -0.05) is 58.0 Å². The highest BCUT2D eigenvalue weighted by Gasteiger charge is 2.33. The van der Waals surface area contributed by atoms with Crippen molar-refractivity contribution >= 4 is 23.7 Å². The molecule has 0 saturated heterocycles. The third kappa shape index (κ3) is 9.48. The number of aliphatic hydroxyl groups is 1. The molecule has 0 aromatic heterocycles. The summed E-state index contributed by atoms with van der Waals surface area (Å²) in [6.45, 7) is 8.50. The van der Waals surface area contributed by atoms with Crippen LogP contribution >= 0.6 is 0 Å². The largest absolute Gasteiger partial charge is 0.480 e. The summed E-state index contributed by atoms with van der Waals surface area (Å²) in [6.07, 6.45) is -0.971. The maximum Gasteiger partial charge on any atom is 0.326 e. The van der Waals surface area contributed by atoms with Crippen LogP contribution in [-0.2, 0) is 25.6 Å². The lowest BCUT2D eigenvalue weighted by Crippen LogP contribution is -2.60. The molecule has 5 unspecified atom stereocenters. The zero-order chi connectivity index (χ0) is 26.0. The molecule has 3 amide bonds. The lowest BCUT2D eigenvalue weighted by molar-refractivity contribution is -0.143. The Labute approximate surface area is 200 Å². The van der Waals surface area contributed by atoms with E-state index in [2.05, 4.69) is 16.0 Å². The summed E-state index contributed by atoms with van der Waals surface area (Å²) in [5.74, 6) is -3.43. The highest BCUT2D eigenvalue weighted by molar-refractivity contribution is 5.94. The van der Waals surface area contributed by atoms with Crippen molar-refractivity contribution in [1.82, 2.24) is 16.0 Å². The number of nitrogens with one attached hydrogen (secondary N) is 3. The lowest BCUT2D eigenvalue weighted by atomic mass is 10.0. The molecule has 0 spiro atoms. The van der Waals surface area contributed by atoms with Crippen LogP contribution in [0.25, 0.3) is 0 Å². The van der Waals surface area contributed by atoms with Crippen LogP contribution in [0.2, 0.25) is 0 Å². The second-order valence-electron chi connectivity index (χ2n) is 9.28. The second kappa shape index (κ2) is 13.7. The quantitative estimate of drug-likeness (QED) is 0.235. The molecule has 7 N–H and O–H groups in total. The average Bonchev–Trinajstić information content (AvgIpc) is 2.75. The Morgan fingerprint density at radius 2 is 1.41 bits per heavy atom. The Bertz CT molecular complexity index is 828. The van der Waals surface area contributed by atoms with Gasteiger partial charge in [0, 0.05) is 6.42 Å². The molecular formula is C24H38N4O6. The Kier molecular flexibility index (Phi) is 11.7. The van der Waals surface area contributed by atoms with E-state index in [4.69, 9.17) is 5.73 Å². The Hall–Kier alpha value is -2.98. The van der Waals surface area contributed by atoms with Gasteiger partial charge in [-0.25, -0.2) is 4.79 Å². The standard InChI is InChI=1S/C24H38N4O6/c1-13(2)11-18(24(33)34)27-21(30)17(12-16-9-7-6-8-10-16)26-23(32)20(15(5)29)28-22(31)19(25)14(3)4/h6-10,13-15,17-20,29H,11-12,25H2,1-5H3,(H,26,32)(H,27,30)(H,28,31)(H,33,34). The number of hydrogen-bond donors (Lipinski definition) is 6. The van der Waals surface area contributed by atoms with Crippen molar-refractivity contribution in [2.45, 2.75) is 77.7 Å². The fraction of sp³-hybridized carbons (Fsp3) is 0.583. The van der Waals surface area contributed by atoms with Crippen LogP contribution in [-0.4, -0.2) is 64.2 Å². The van der Waals surface area contributed by atoms with E-state index in [1.165, 1.54) is 6.92 Å². The Morgan fingerprint density at radius 3 is 1.88 bits per heavy atom. The van der Waals surface area contributed by atoms with Gasteiger partial charge in [0.15, 0.2) is 0 Å². The first-order chi connectivity index (χ1) is 15.8. The Morgan fingerprint density at radius 1 is 0.853 bits per heavy atom. The predicted octanol–water partition coefficient (Wildman–Crippen LogP) is 0.178. The molecule has 0 aliphatic heterocycles. The second-order valence-corrected chi connectivity index (χ2v) is 9.28. The topological polar surface area (TPSA) is 171 Å². The SMILES string of the molecule is CC(C)CC(NC(=O)C(Cc1ccccc1)NC(=O)C(NC(=O)C(N)C(C)C)C(C)O)C(=O)O. The summed E-state index contributed by atoms with van der Waals surface area (Å²) in [7, 11) is 0. The summed E-state index contributed by atoms with van der Waals surface area (Å²) >= 11 is 0. The van der Waals surface area contributed by atoms with Crippen molar-refractivity contribution in [2.24, 2.45) is 17.6 Å². The first-order valence-electron chi connectivity index (χ1n) is 11.4. The minimum Gasteiger partial charge on any atom is -0.480 e. The van der Waals surface area contributed by atoms with Crippen molar-refractivity contribution in [3.8, 4) is 0 Å². The summed E-state index contributed by atoms with van der Waals surface area (Å²) in [4.78, 5) is 50.0. The molecule has 0 heterocycles. The molecule has 10 heteroatoms. The molecule has 0 saturated carbocycles. The van der Waals surface area contributed by atoms with Gasteiger partial charge in [0.05, 0.1) is 12.1 Å². The first kappa shape index (κ1) is 29.1. The number of nitrogens with two attached hydrogens (primary N) is 1. The Balaban J connectivity index is 3.10. The molecular weight excluding hydrogens is 440 g/mol. The van der Waals surface area contributed by atoms with E-state index in [0.29, 0.717) is 0 Å².